The standard InChI is InChI=1S/C12H14F3N3O2/c1-6(2)4-9(19)18-11(12(13,14)15)8(5-16)7(3)17-10(11)20/h6H,4H2,1-3H3,(H,17,20)(H,18,19)/t11-/m1/s1. The van der Waals surface area contributed by atoms with E-state index in [0.717, 1.165) is 0 Å². The first-order valence-corrected chi connectivity index (χ1v) is 5.87. The molecule has 2 amide bonds. The Morgan fingerprint density at radius 1 is 1.50 bits per heavy atom. The number of allylic oxidation sites excluding steroid dienone is 1. The van der Waals surface area contributed by atoms with Gasteiger partial charge in [0.25, 0.3) is 11.4 Å². The summed E-state index contributed by atoms with van der Waals surface area (Å²) in [6.07, 6.45) is -5.28. The van der Waals surface area contributed by atoms with E-state index in [1.807, 2.05) is 5.32 Å². The van der Waals surface area contributed by atoms with Crippen LogP contribution in [0.15, 0.2) is 11.3 Å². The maximum absolute atomic E-state index is 13.3. The smallest absolute Gasteiger partial charge is 0.330 e. The number of nitriles is 1. The van der Waals surface area contributed by atoms with Crippen LogP contribution < -0.4 is 10.6 Å². The van der Waals surface area contributed by atoms with Gasteiger partial charge in [0, 0.05) is 12.1 Å². The molecule has 1 aliphatic heterocycles. The molecule has 1 heterocycles. The zero-order chi connectivity index (χ0) is 15.7. The highest BCUT2D eigenvalue weighted by molar-refractivity contribution is 6.00. The van der Waals surface area contributed by atoms with Gasteiger partial charge < -0.3 is 10.6 Å². The van der Waals surface area contributed by atoms with E-state index >= 15 is 0 Å². The highest BCUT2D eigenvalue weighted by Crippen LogP contribution is 2.40. The van der Waals surface area contributed by atoms with Crippen molar-refractivity contribution < 1.29 is 22.8 Å². The number of hydrogen-bond acceptors (Lipinski definition) is 3. The fourth-order valence-electron chi connectivity index (χ4n) is 1.98. The Bertz CT molecular complexity index is 517. The zero-order valence-electron chi connectivity index (χ0n) is 11.2. The number of rotatable bonds is 3. The summed E-state index contributed by atoms with van der Waals surface area (Å²) in [5.74, 6) is -2.58. The van der Waals surface area contributed by atoms with E-state index in [2.05, 4.69) is 0 Å². The van der Waals surface area contributed by atoms with Crippen LogP contribution in [0.4, 0.5) is 13.2 Å². The first-order valence-electron chi connectivity index (χ1n) is 5.87. The summed E-state index contributed by atoms with van der Waals surface area (Å²) in [5.41, 5.74) is -4.33. The molecule has 0 bridgehead atoms. The Morgan fingerprint density at radius 3 is 2.45 bits per heavy atom. The molecule has 0 unspecified atom stereocenters. The van der Waals surface area contributed by atoms with Gasteiger partial charge in [-0.2, -0.15) is 18.4 Å². The van der Waals surface area contributed by atoms with E-state index in [4.69, 9.17) is 5.26 Å². The van der Waals surface area contributed by atoms with Crippen molar-refractivity contribution in [3.8, 4) is 6.07 Å². The molecule has 1 atom stereocenters. The molecule has 2 N–H and O–H groups in total. The third kappa shape index (κ3) is 2.48. The van der Waals surface area contributed by atoms with Crippen LogP contribution in [0.2, 0.25) is 0 Å². The van der Waals surface area contributed by atoms with Gasteiger partial charge in [0.05, 0.1) is 11.6 Å². The van der Waals surface area contributed by atoms with Gasteiger partial charge in [0.15, 0.2) is 0 Å². The van der Waals surface area contributed by atoms with Gasteiger partial charge in [0.2, 0.25) is 5.91 Å². The summed E-state index contributed by atoms with van der Waals surface area (Å²) < 4.78 is 39.9. The van der Waals surface area contributed by atoms with Crippen LogP contribution in [0.25, 0.3) is 0 Å². The summed E-state index contributed by atoms with van der Waals surface area (Å²) in [5, 5.41) is 12.5. The quantitative estimate of drug-likeness (QED) is 0.823. The number of halogens is 3. The summed E-state index contributed by atoms with van der Waals surface area (Å²) in [6, 6.07) is 1.36. The van der Waals surface area contributed by atoms with E-state index in [9.17, 15) is 22.8 Å². The zero-order valence-corrected chi connectivity index (χ0v) is 11.2. The molecule has 0 aromatic carbocycles. The predicted octanol–water partition coefficient (Wildman–Crippen LogP) is 1.38. The molecule has 1 rings (SSSR count). The molecule has 20 heavy (non-hydrogen) atoms. The number of carbonyl (C=O) groups excluding carboxylic acids is 2. The van der Waals surface area contributed by atoms with Gasteiger partial charge >= 0.3 is 6.18 Å². The van der Waals surface area contributed by atoms with Gasteiger partial charge in [-0.3, -0.25) is 9.59 Å². The molecule has 0 saturated heterocycles. The lowest BCUT2D eigenvalue weighted by molar-refractivity contribution is -0.189. The first-order chi connectivity index (χ1) is 9.06. The van der Waals surface area contributed by atoms with Gasteiger partial charge in [-0.15, -0.1) is 0 Å². The van der Waals surface area contributed by atoms with Crippen molar-refractivity contribution in [3.63, 3.8) is 0 Å². The van der Waals surface area contributed by atoms with Crippen LogP contribution in [-0.2, 0) is 9.59 Å². The average molecular weight is 289 g/mol. The van der Waals surface area contributed by atoms with E-state index in [0.29, 0.717) is 0 Å². The van der Waals surface area contributed by atoms with Crippen molar-refractivity contribution in [1.29, 1.82) is 5.26 Å². The van der Waals surface area contributed by atoms with E-state index in [1.165, 1.54) is 13.0 Å². The minimum absolute atomic E-state index is 0.178. The molecule has 5 nitrogen and oxygen atoms in total. The van der Waals surface area contributed by atoms with Gasteiger partial charge in [0.1, 0.15) is 0 Å². The van der Waals surface area contributed by atoms with Crippen molar-refractivity contribution in [2.75, 3.05) is 0 Å². The lowest BCUT2D eigenvalue weighted by Gasteiger charge is -2.30. The monoisotopic (exact) mass is 289 g/mol. The molecule has 0 saturated carbocycles. The second-order valence-corrected chi connectivity index (χ2v) is 4.96. The highest BCUT2D eigenvalue weighted by Gasteiger charge is 2.67. The Balaban J connectivity index is 3.30. The van der Waals surface area contributed by atoms with Gasteiger partial charge in [-0.1, -0.05) is 13.8 Å². The number of carbonyl (C=O) groups is 2. The van der Waals surface area contributed by atoms with Crippen LogP contribution in [-0.4, -0.2) is 23.5 Å². The third-order valence-electron chi connectivity index (χ3n) is 2.85. The molecular formula is C12H14F3N3O2. The van der Waals surface area contributed by atoms with Crippen molar-refractivity contribution in [1.82, 2.24) is 10.6 Å². The lowest BCUT2D eigenvalue weighted by Crippen LogP contribution is -2.65. The number of alkyl halides is 3. The number of hydrogen-bond donors (Lipinski definition) is 2. The minimum atomic E-state index is -5.10. The molecule has 1 aliphatic rings. The van der Waals surface area contributed by atoms with E-state index < -0.39 is 29.1 Å². The predicted molar refractivity (Wildman–Crippen MR) is 62.8 cm³/mol. The van der Waals surface area contributed by atoms with E-state index in [1.54, 1.807) is 19.2 Å². The fraction of sp³-hybridized carbons (Fsp3) is 0.583. The van der Waals surface area contributed by atoms with Crippen LogP contribution in [0.5, 0.6) is 0 Å². The summed E-state index contributed by atoms with van der Waals surface area (Å²) in [7, 11) is 0. The molecule has 0 aromatic rings. The van der Waals surface area contributed by atoms with E-state index in [-0.39, 0.29) is 18.0 Å². The second-order valence-electron chi connectivity index (χ2n) is 4.96. The Labute approximate surface area is 113 Å². The fourth-order valence-corrected chi connectivity index (χ4v) is 1.98. The number of amides is 2. The maximum atomic E-state index is 13.3. The summed E-state index contributed by atoms with van der Waals surface area (Å²) >= 11 is 0. The molecule has 0 radical (unpaired) electrons. The second kappa shape index (κ2) is 5.15. The van der Waals surface area contributed by atoms with Crippen LogP contribution >= 0.6 is 0 Å². The minimum Gasteiger partial charge on any atom is -0.330 e. The van der Waals surface area contributed by atoms with Gasteiger partial charge in [-0.25, -0.2) is 0 Å². The van der Waals surface area contributed by atoms with Crippen molar-refractivity contribution in [2.24, 2.45) is 5.92 Å². The van der Waals surface area contributed by atoms with Crippen molar-refractivity contribution >= 4 is 11.8 Å². The topological polar surface area (TPSA) is 82.0 Å². The Morgan fingerprint density at radius 2 is 2.05 bits per heavy atom. The SMILES string of the molecule is CC1=C(C#N)[C@](NC(=O)CC(C)C)(C(F)(F)F)C(=O)N1. The lowest BCUT2D eigenvalue weighted by atomic mass is 9.89. The molecule has 0 spiro atoms. The molecule has 0 aromatic heterocycles. The van der Waals surface area contributed by atoms with Gasteiger partial charge in [-0.05, 0) is 12.8 Å². The van der Waals surface area contributed by atoms with Crippen LogP contribution in [0.1, 0.15) is 27.2 Å². The molecule has 0 fully saturated rings. The third-order valence-corrected chi connectivity index (χ3v) is 2.85. The maximum Gasteiger partial charge on any atom is 0.425 e. The molecule has 0 aliphatic carbocycles. The Kier molecular flexibility index (Phi) is 4.12. The average Bonchev–Trinajstić information content (AvgIpc) is 2.48. The summed E-state index contributed by atoms with van der Waals surface area (Å²) in [6.45, 7) is 4.49. The van der Waals surface area contributed by atoms with Crippen molar-refractivity contribution in [2.45, 2.75) is 38.9 Å². The summed E-state index contributed by atoms with van der Waals surface area (Å²) in [4.78, 5) is 23.4. The molecule has 110 valence electrons. The Hall–Kier alpha value is -2.04. The molecular weight excluding hydrogens is 275 g/mol. The highest BCUT2D eigenvalue weighted by atomic mass is 19.4. The van der Waals surface area contributed by atoms with Crippen LogP contribution in [0.3, 0.4) is 0 Å². The normalized spacial score (nSPS) is 22.8. The largest absolute Gasteiger partial charge is 0.425 e. The number of nitrogens with one attached hydrogen (secondary N) is 2. The van der Waals surface area contributed by atoms with Crippen molar-refractivity contribution in [3.05, 3.63) is 11.3 Å². The van der Waals surface area contributed by atoms with Crippen LogP contribution in [0, 0.1) is 17.2 Å². The first kappa shape index (κ1) is 16.0. The number of nitrogens with zero attached hydrogens (tertiary/aromatic N) is 1. The molecule has 8 heteroatoms.